The van der Waals surface area contributed by atoms with Gasteiger partial charge in [0.1, 0.15) is 0 Å². The fourth-order valence-corrected chi connectivity index (χ4v) is 9.66. The molecule has 0 aliphatic heterocycles. The van der Waals surface area contributed by atoms with Crippen LogP contribution in [0.4, 0.5) is 0 Å². The van der Waals surface area contributed by atoms with Crippen LogP contribution < -0.4 is 105 Å². The van der Waals surface area contributed by atoms with E-state index in [4.69, 9.17) is 57.3 Å². The van der Waals surface area contributed by atoms with Gasteiger partial charge in [-0.05, 0) is 25.9 Å². The predicted molar refractivity (Wildman–Crippen MR) is 352 cm³/mol. The fourth-order valence-electron chi connectivity index (χ4n) is 9.66. The van der Waals surface area contributed by atoms with Crippen LogP contribution in [0.15, 0.2) is 0 Å². The quantitative estimate of drug-likeness (QED) is 0.0252. The number of hydrogen-bond donors (Lipinski definition) is 19. The largest absolute Gasteiger partial charge is 0.329 e. The summed E-state index contributed by atoms with van der Waals surface area (Å²) in [6, 6.07) is 0. The molecule has 0 bridgehead atoms. The Kier molecular flexibility index (Phi) is 65.0. The van der Waals surface area contributed by atoms with E-state index in [0.29, 0.717) is 65.4 Å². The lowest BCUT2D eigenvalue weighted by Crippen LogP contribution is -2.48. The second kappa shape index (κ2) is 65.9. The molecule has 0 amide bonds. The van der Waals surface area contributed by atoms with E-state index in [2.05, 4.69) is 87.1 Å². The topological polar surface area (TPSA) is 394 Å². The monoisotopic (exact) mass is 1180 g/mol. The van der Waals surface area contributed by atoms with Crippen LogP contribution >= 0.6 is 0 Å². The number of hydrogen-bond acceptors (Lipinski definition) is 27. The zero-order valence-electron chi connectivity index (χ0n) is 52.7. The van der Waals surface area contributed by atoms with Crippen LogP contribution in [-0.2, 0) is 0 Å². The minimum Gasteiger partial charge on any atom is -0.329 e. The van der Waals surface area contributed by atoms with Crippen LogP contribution in [0.25, 0.3) is 0 Å². The molecule has 0 unspecified atom stereocenters. The highest BCUT2D eigenvalue weighted by Gasteiger charge is 2.16. The SMILES string of the molecule is NCCNCCCCCN(CCNCCN)CCN(CCNCCNCCN(CCN)CCN)CCNCCN(CCN(CCNCCNCCN)CCN(CCN)CCN)CCN(CCNCCN)CCN(CCN)CCNCCN. The molecule has 0 fully saturated rings. The van der Waals surface area contributed by atoms with Crippen molar-refractivity contribution in [2.75, 3.05) is 340 Å². The molecular formula is C55H139N27. The summed E-state index contributed by atoms with van der Waals surface area (Å²) in [6.07, 6.45) is 3.58. The first-order chi connectivity index (χ1) is 40.4. The van der Waals surface area contributed by atoms with E-state index >= 15 is 0 Å². The number of nitrogens with two attached hydrogens (primary N) is 10. The second-order valence-corrected chi connectivity index (χ2v) is 21.4. The van der Waals surface area contributed by atoms with E-state index in [1.807, 2.05) is 0 Å². The van der Waals surface area contributed by atoms with Crippen molar-refractivity contribution in [3.8, 4) is 0 Å². The summed E-state index contributed by atoms with van der Waals surface area (Å²) in [5.41, 5.74) is 58.8. The minimum absolute atomic E-state index is 0.630. The van der Waals surface area contributed by atoms with Gasteiger partial charge in [-0.25, -0.2) is 0 Å². The van der Waals surface area contributed by atoms with Gasteiger partial charge in [0, 0.05) is 327 Å². The van der Waals surface area contributed by atoms with Gasteiger partial charge in [-0.1, -0.05) is 6.42 Å². The Morgan fingerprint density at radius 2 is 0.317 bits per heavy atom. The third-order valence-electron chi connectivity index (χ3n) is 14.6. The molecule has 29 N–H and O–H groups in total. The first-order valence-electron chi connectivity index (χ1n) is 32.5. The van der Waals surface area contributed by atoms with Crippen molar-refractivity contribution in [3.63, 3.8) is 0 Å². The van der Waals surface area contributed by atoms with E-state index in [9.17, 15) is 0 Å². The summed E-state index contributed by atoms with van der Waals surface area (Å²) in [7, 11) is 0. The first-order valence-corrected chi connectivity index (χ1v) is 32.5. The van der Waals surface area contributed by atoms with E-state index in [1.165, 1.54) is 19.3 Å². The zero-order chi connectivity index (χ0) is 59.9. The summed E-state index contributed by atoms with van der Waals surface area (Å²) in [4.78, 5) is 20.4. The Morgan fingerprint density at radius 3 is 0.585 bits per heavy atom. The maximum absolute atomic E-state index is 6.12. The molecule has 0 radical (unpaired) electrons. The van der Waals surface area contributed by atoms with Crippen LogP contribution in [0.2, 0.25) is 0 Å². The smallest absolute Gasteiger partial charge is 0.0110 e. The van der Waals surface area contributed by atoms with Crippen molar-refractivity contribution in [2.24, 2.45) is 57.3 Å². The molecule has 0 rings (SSSR count). The molecule has 0 atom stereocenters. The highest BCUT2D eigenvalue weighted by molar-refractivity contribution is 4.75. The molecule has 0 heterocycles. The minimum atomic E-state index is 0.630. The van der Waals surface area contributed by atoms with Gasteiger partial charge in [0.15, 0.2) is 0 Å². The Morgan fingerprint density at radius 1 is 0.134 bits per heavy atom. The third kappa shape index (κ3) is 54.3. The van der Waals surface area contributed by atoms with Gasteiger partial charge in [-0.15, -0.1) is 0 Å². The van der Waals surface area contributed by atoms with Crippen LogP contribution in [0.1, 0.15) is 19.3 Å². The average Bonchev–Trinajstić information content (AvgIpc) is 3.48. The van der Waals surface area contributed by atoms with Crippen molar-refractivity contribution in [3.05, 3.63) is 0 Å². The maximum Gasteiger partial charge on any atom is 0.0110 e. The molecule has 0 spiro atoms. The zero-order valence-corrected chi connectivity index (χ0v) is 52.7. The van der Waals surface area contributed by atoms with Crippen molar-refractivity contribution in [2.45, 2.75) is 19.3 Å². The number of nitrogens with zero attached hydrogens (tertiary/aromatic N) is 8. The molecular weight excluding hydrogens is 1040 g/mol. The van der Waals surface area contributed by atoms with Crippen LogP contribution in [0, 0.1) is 0 Å². The van der Waals surface area contributed by atoms with Crippen molar-refractivity contribution >= 4 is 0 Å². The van der Waals surface area contributed by atoms with Crippen LogP contribution in [-0.4, -0.2) is 380 Å². The Labute approximate surface area is 502 Å². The molecule has 0 saturated carbocycles. The van der Waals surface area contributed by atoms with Crippen LogP contribution in [0.3, 0.4) is 0 Å². The highest BCUT2D eigenvalue weighted by Crippen LogP contribution is 2.02. The lowest BCUT2D eigenvalue weighted by molar-refractivity contribution is 0.154. The van der Waals surface area contributed by atoms with Gasteiger partial charge in [0.05, 0.1) is 0 Å². The first kappa shape index (κ1) is 80.9. The normalized spacial score (nSPS) is 12.4. The average molecular weight is 1180 g/mol. The van der Waals surface area contributed by atoms with Crippen molar-refractivity contribution in [1.82, 2.24) is 87.1 Å². The van der Waals surface area contributed by atoms with Crippen molar-refractivity contribution in [1.29, 1.82) is 0 Å². The molecule has 0 aromatic rings. The molecule has 0 aromatic heterocycles. The summed E-state index contributed by atoms with van der Waals surface area (Å²) in [5.74, 6) is 0. The summed E-state index contributed by atoms with van der Waals surface area (Å²) in [5, 5.41) is 32.3. The predicted octanol–water partition coefficient (Wildman–Crippen LogP) is -9.53. The summed E-state index contributed by atoms with van der Waals surface area (Å²) in [6.45, 7) is 45.8. The summed E-state index contributed by atoms with van der Waals surface area (Å²) >= 11 is 0. The van der Waals surface area contributed by atoms with Gasteiger partial charge in [-0.2, -0.15) is 0 Å². The Hall–Kier alpha value is -1.08. The fraction of sp³-hybridized carbons (Fsp3) is 1.00. The van der Waals surface area contributed by atoms with Crippen LogP contribution in [0.5, 0.6) is 0 Å². The lowest BCUT2D eigenvalue weighted by atomic mass is 10.2. The van der Waals surface area contributed by atoms with E-state index in [0.717, 1.165) is 275 Å². The van der Waals surface area contributed by atoms with E-state index in [-0.39, 0.29) is 0 Å². The molecule has 494 valence electrons. The summed E-state index contributed by atoms with van der Waals surface area (Å²) < 4.78 is 0. The Balaban J connectivity index is 6.28. The maximum atomic E-state index is 6.12. The number of unbranched alkanes of at least 4 members (excludes halogenated alkanes) is 2. The van der Waals surface area contributed by atoms with Gasteiger partial charge >= 0.3 is 0 Å². The van der Waals surface area contributed by atoms with Crippen molar-refractivity contribution < 1.29 is 0 Å². The Bertz CT molecular complexity index is 1190. The molecule has 27 heteroatoms. The van der Waals surface area contributed by atoms with E-state index < -0.39 is 0 Å². The van der Waals surface area contributed by atoms with E-state index in [1.54, 1.807) is 0 Å². The molecule has 27 nitrogen and oxygen atoms in total. The number of nitrogens with one attached hydrogen (secondary N) is 9. The van der Waals surface area contributed by atoms with Gasteiger partial charge in [0.2, 0.25) is 0 Å². The molecule has 0 aliphatic carbocycles. The second-order valence-electron chi connectivity index (χ2n) is 21.4. The molecule has 0 saturated heterocycles. The highest BCUT2D eigenvalue weighted by atomic mass is 15.3. The lowest BCUT2D eigenvalue weighted by Gasteiger charge is -2.32. The molecule has 0 aromatic carbocycles. The standard InChI is InChI=1S/C55H139N27/c56-4-15-66-14-2-1-3-32-75(38-24-68-17-6-58)46-49-79(41-28-73-23-22-72-27-39-76(33-9-61)34-10-62)42-30-74-31-45-82(54-52-80(43-26-70-19-8-60)51-48-78(37-13-65)40-25-69-18-7-59)55-53-81(44-29-71-21-20-67-16-5-57)50-47-77(35-11-63)36-12-64/h66-74H,1-65H2. The molecule has 82 heavy (non-hydrogen) atoms. The van der Waals surface area contributed by atoms with Gasteiger partial charge < -0.3 is 110 Å². The number of rotatable bonds is 71. The van der Waals surface area contributed by atoms with Gasteiger partial charge in [0.25, 0.3) is 0 Å². The third-order valence-corrected chi connectivity index (χ3v) is 14.6. The molecule has 0 aliphatic rings. The van der Waals surface area contributed by atoms with Gasteiger partial charge in [-0.3, -0.25) is 34.3 Å².